The Morgan fingerprint density at radius 2 is 2.56 bits per heavy atom. The highest BCUT2D eigenvalue weighted by Gasteiger charge is 2.31. The third-order valence-electron chi connectivity index (χ3n) is 1.90. The zero-order valence-electron chi connectivity index (χ0n) is 5.74. The highest BCUT2D eigenvalue weighted by molar-refractivity contribution is 5.79. The van der Waals surface area contributed by atoms with Crippen LogP contribution in [0.4, 0.5) is 0 Å². The van der Waals surface area contributed by atoms with Gasteiger partial charge in [0.1, 0.15) is 0 Å². The third-order valence-corrected chi connectivity index (χ3v) is 1.90. The van der Waals surface area contributed by atoms with E-state index in [2.05, 4.69) is 19.2 Å². The van der Waals surface area contributed by atoms with Crippen LogP contribution in [0.25, 0.3) is 0 Å². The molecule has 1 heterocycles. The molecule has 2 nitrogen and oxygen atoms in total. The predicted octanol–water partition coefficient (Wildman–Crippen LogP) is 0.737. The maximum absolute atomic E-state index is 10.7. The van der Waals surface area contributed by atoms with Crippen molar-refractivity contribution >= 4 is 5.91 Å². The van der Waals surface area contributed by atoms with Crippen LogP contribution in [0, 0.1) is 12.3 Å². The first-order valence-electron chi connectivity index (χ1n) is 3.22. The summed E-state index contributed by atoms with van der Waals surface area (Å²) in [6.45, 7) is 6.66. The van der Waals surface area contributed by atoms with E-state index >= 15 is 0 Å². The summed E-state index contributed by atoms with van der Waals surface area (Å²) in [6, 6.07) is 0. The number of nitrogens with one attached hydrogen (secondary N) is 1. The molecule has 1 fully saturated rings. The van der Waals surface area contributed by atoms with Crippen molar-refractivity contribution < 1.29 is 4.79 Å². The first-order chi connectivity index (χ1) is 4.16. The number of hydrogen-bond donors (Lipinski definition) is 1. The van der Waals surface area contributed by atoms with E-state index in [4.69, 9.17) is 0 Å². The van der Waals surface area contributed by atoms with Crippen molar-refractivity contribution in [2.45, 2.75) is 19.8 Å². The van der Waals surface area contributed by atoms with Crippen LogP contribution in [0.2, 0.25) is 0 Å². The van der Waals surface area contributed by atoms with Gasteiger partial charge in [0, 0.05) is 13.0 Å². The molecular weight excluding hydrogens is 114 g/mol. The van der Waals surface area contributed by atoms with Crippen molar-refractivity contribution in [2.24, 2.45) is 5.41 Å². The Morgan fingerprint density at radius 3 is 2.78 bits per heavy atom. The Kier molecular flexibility index (Phi) is 1.47. The lowest BCUT2D eigenvalue weighted by atomic mass is 9.87. The summed E-state index contributed by atoms with van der Waals surface area (Å²) >= 11 is 0. The van der Waals surface area contributed by atoms with Crippen LogP contribution in [0.1, 0.15) is 19.8 Å². The van der Waals surface area contributed by atoms with E-state index in [1.165, 1.54) is 0 Å². The number of carbonyl (C=O) groups excluding carboxylic acids is 1. The third kappa shape index (κ3) is 1.23. The van der Waals surface area contributed by atoms with E-state index < -0.39 is 0 Å². The van der Waals surface area contributed by atoms with Crippen LogP contribution in [0.15, 0.2) is 0 Å². The van der Waals surface area contributed by atoms with Gasteiger partial charge in [-0.25, -0.2) is 0 Å². The van der Waals surface area contributed by atoms with Crippen LogP contribution >= 0.6 is 0 Å². The SMILES string of the molecule is [CH2]CC1(C)CNC(=O)C1. The summed E-state index contributed by atoms with van der Waals surface area (Å²) in [5.41, 5.74) is 0.136. The first kappa shape index (κ1) is 6.59. The second-order valence-electron chi connectivity index (χ2n) is 3.01. The minimum absolute atomic E-state index is 0.136. The van der Waals surface area contributed by atoms with Gasteiger partial charge in [0.25, 0.3) is 0 Å². The molecule has 9 heavy (non-hydrogen) atoms. The van der Waals surface area contributed by atoms with Gasteiger partial charge < -0.3 is 5.32 Å². The fraction of sp³-hybridized carbons (Fsp3) is 0.714. The van der Waals surface area contributed by atoms with E-state index in [9.17, 15) is 4.79 Å². The van der Waals surface area contributed by atoms with Crippen molar-refractivity contribution in [1.29, 1.82) is 0 Å². The second-order valence-corrected chi connectivity index (χ2v) is 3.01. The molecule has 1 atom stereocenters. The van der Waals surface area contributed by atoms with Gasteiger partial charge in [-0.3, -0.25) is 4.79 Å². The fourth-order valence-electron chi connectivity index (χ4n) is 1.00. The van der Waals surface area contributed by atoms with Gasteiger partial charge in [0.05, 0.1) is 0 Å². The Balaban J connectivity index is 2.54. The molecule has 1 aliphatic rings. The Hall–Kier alpha value is -0.530. The van der Waals surface area contributed by atoms with Gasteiger partial charge in [-0.1, -0.05) is 13.8 Å². The predicted molar refractivity (Wildman–Crippen MR) is 35.7 cm³/mol. The highest BCUT2D eigenvalue weighted by Crippen LogP contribution is 2.28. The Morgan fingerprint density at radius 1 is 1.89 bits per heavy atom. The van der Waals surface area contributed by atoms with E-state index in [-0.39, 0.29) is 11.3 Å². The standard InChI is InChI=1S/C7H12NO/c1-3-7(2)4-6(9)8-5-7/h1,3-5H2,2H3,(H,8,9). The van der Waals surface area contributed by atoms with Crippen molar-refractivity contribution in [3.8, 4) is 0 Å². The Bertz CT molecular complexity index is 133. The largest absolute Gasteiger partial charge is 0.356 e. The molecule has 0 bridgehead atoms. The summed E-state index contributed by atoms with van der Waals surface area (Å²) in [5, 5.41) is 2.78. The van der Waals surface area contributed by atoms with Gasteiger partial charge in [-0.15, -0.1) is 0 Å². The van der Waals surface area contributed by atoms with Gasteiger partial charge in [-0.2, -0.15) is 0 Å². The van der Waals surface area contributed by atoms with Crippen molar-refractivity contribution in [3.63, 3.8) is 0 Å². The number of rotatable bonds is 1. The lowest BCUT2D eigenvalue weighted by Crippen LogP contribution is -2.19. The van der Waals surface area contributed by atoms with Crippen LogP contribution in [0.5, 0.6) is 0 Å². The molecule has 1 rings (SSSR count). The van der Waals surface area contributed by atoms with Gasteiger partial charge in [0.2, 0.25) is 5.91 Å². The molecule has 51 valence electrons. The molecule has 0 spiro atoms. The molecule has 1 unspecified atom stereocenters. The minimum Gasteiger partial charge on any atom is -0.356 e. The molecule has 1 saturated heterocycles. The number of hydrogen-bond acceptors (Lipinski definition) is 1. The molecule has 0 aliphatic carbocycles. The molecule has 2 heteroatoms. The van der Waals surface area contributed by atoms with Crippen molar-refractivity contribution in [2.75, 3.05) is 6.54 Å². The number of amides is 1. The van der Waals surface area contributed by atoms with Gasteiger partial charge in [0.15, 0.2) is 0 Å². The van der Waals surface area contributed by atoms with Crippen LogP contribution in [0.3, 0.4) is 0 Å². The Labute approximate surface area is 55.6 Å². The molecule has 1 N–H and O–H groups in total. The molecule has 1 radical (unpaired) electrons. The zero-order valence-corrected chi connectivity index (χ0v) is 5.74. The molecule has 1 amide bonds. The highest BCUT2D eigenvalue weighted by atomic mass is 16.1. The average Bonchev–Trinajstić information content (AvgIpc) is 2.13. The monoisotopic (exact) mass is 126 g/mol. The van der Waals surface area contributed by atoms with Crippen LogP contribution in [-0.2, 0) is 4.79 Å². The molecule has 0 saturated carbocycles. The fourth-order valence-corrected chi connectivity index (χ4v) is 1.00. The second kappa shape index (κ2) is 2.01. The van der Waals surface area contributed by atoms with Gasteiger partial charge in [-0.05, 0) is 11.8 Å². The quantitative estimate of drug-likeness (QED) is 0.551. The van der Waals surface area contributed by atoms with E-state index in [1.807, 2.05) is 0 Å². The minimum atomic E-state index is 0.136. The van der Waals surface area contributed by atoms with E-state index in [1.54, 1.807) is 0 Å². The summed E-state index contributed by atoms with van der Waals surface area (Å²) in [4.78, 5) is 10.7. The summed E-state index contributed by atoms with van der Waals surface area (Å²) in [5.74, 6) is 0.168. The van der Waals surface area contributed by atoms with Crippen molar-refractivity contribution in [3.05, 3.63) is 6.92 Å². The summed E-state index contributed by atoms with van der Waals surface area (Å²) < 4.78 is 0. The molecule has 0 aromatic rings. The first-order valence-corrected chi connectivity index (χ1v) is 3.22. The van der Waals surface area contributed by atoms with Gasteiger partial charge >= 0.3 is 0 Å². The van der Waals surface area contributed by atoms with E-state index in [0.29, 0.717) is 6.42 Å². The normalized spacial score (nSPS) is 34.7. The molecule has 0 aromatic carbocycles. The van der Waals surface area contributed by atoms with E-state index in [0.717, 1.165) is 13.0 Å². The lowest BCUT2D eigenvalue weighted by Gasteiger charge is -2.17. The molecule has 0 aromatic heterocycles. The topological polar surface area (TPSA) is 29.1 Å². The molecular formula is C7H12NO. The number of carbonyl (C=O) groups is 1. The maximum Gasteiger partial charge on any atom is 0.220 e. The lowest BCUT2D eigenvalue weighted by molar-refractivity contribution is -0.119. The summed E-state index contributed by atoms with van der Waals surface area (Å²) in [6.07, 6.45) is 1.49. The summed E-state index contributed by atoms with van der Waals surface area (Å²) in [7, 11) is 0. The maximum atomic E-state index is 10.7. The van der Waals surface area contributed by atoms with Crippen LogP contribution < -0.4 is 5.32 Å². The smallest absolute Gasteiger partial charge is 0.220 e. The van der Waals surface area contributed by atoms with Crippen LogP contribution in [-0.4, -0.2) is 12.5 Å². The molecule has 1 aliphatic heterocycles. The zero-order chi connectivity index (χ0) is 6.91. The average molecular weight is 126 g/mol. The van der Waals surface area contributed by atoms with Crippen molar-refractivity contribution in [1.82, 2.24) is 5.32 Å².